The van der Waals surface area contributed by atoms with Crippen LogP contribution in [-0.4, -0.2) is 23.7 Å². The van der Waals surface area contributed by atoms with Crippen LogP contribution in [0, 0.1) is 6.92 Å². The molecule has 3 aromatic carbocycles. The summed E-state index contributed by atoms with van der Waals surface area (Å²) in [4.78, 5) is 37.6. The molecule has 0 heterocycles. The largest absolute Gasteiger partial charge is 0.481 e. The molecule has 0 unspecified atom stereocenters. The zero-order valence-electron chi connectivity index (χ0n) is 22.3. The maximum Gasteiger partial charge on any atom is 0.265 e. The Labute approximate surface area is 219 Å². The van der Waals surface area contributed by atoms with Gasteiger partial charge in [-0.05, 0) is 84.8 Å². The van der Waals surface area contributed by atoms with E-state index >= 15 is 0 Å². The lowest BCUT2D eigenvalue weighted by atomic mass is 9.82. The van der Waals surface area contributed by atoms with E-state index in [1.165, 1.54) is 5.56 Å². The first-order chi connectivity index (χ1) is 17.6. The number of ketones is 1. The smallest absolute Gasteiger partial charge is 0.265 e. The number of aryl methyl sites for hydroxylation is 1. The first-order valence-electron chi connectivity index (χ1n) is 12.7. The van der Waals surface area contributed by atoms with Crippen molar-refractivity contribution in [2.45, 2.75) is 65.4 Å². The van der Waals surface area contributed by atoms with E-state index in [0.29, 0.717) is 29.1 Å². The average molecular weight is 501 g/mol. The molecule has 3 aromatic rings. The minimum atomic E-state index is -0.656. The third-order valence-corrected chi connectivity index (χ3v) is 6.56. The van der Waals surface area contributed by atoms with Gasteiger partial charge in [-0.15, -0.1) is 0 Å². The van der Waals surface area contributed by atoms with Gasteiger partial charge in [-0.25, -0.2) is 0 Å². The van der Waals surface area contributed by atoms with Crippen LogP contribution in [0.2, 0.25) is 0 Å². The molecule has 2 N–H and O–H groups in total. The van der Waals surface area contributed by atoms with Crippen LogP contribution in [0.5, 0.6) is 5.75 Å². The fraction of sp³-hybridized carbons (Fsp3) is 0.323. The molecule has 0 bridgehead atoms. The second kappa shape index (κ2) is 12.3. The van der Waals surface area contributed by atoms with E-state index in [9.17, 15) is 14.4 Å². The predicted molar refractivity (Wildman–Crippen MR) is 148 cm³/mol. The van der Waals surface area contributed by atoms with Crippen molar-refractivity contribution in [2.24, 2.45) is 0 Å². The summed E-state index contributed by atoms with van der Waals surface area (Å²) in [6.07, 6.45) is 0.607. The van der Waals surface area contributed by atoms with Gasteiger partial charge in [0.05, 0.1) is 6.42 Å². The highest BCUT2D eigenvalue weighted by atomic mass is 16.5. The first-order valence-corrected chi connectivity index (χ1v) is 12.7. The summed E-state index contributed by atoms with van der Waals surface area (Å²) >= 11 is 0. The second-order valence-electron chi connectivity index (χ2n) is 9.86. The Morgan fingerprint density at radius 1 is 0.865 bits per heavy atom. The summed E-state index contributed by atoms with van der Waals surface area (Å²) in [5.41, 5.74) is 3.93. The van der Waals surface area contributed by atoms with Gasteiger partial charge in [0, 0.05) is 16.9 Å². The van der Waals surface area contributed by atoms with Crippen molar-refractivity contribution in [3.05, 3.63) is 89.5 Å². The van der Waals surface area contributed by atoms with Gasteiger partial charge in [0.25, 0.3) is 5.91 Å². The van der Waals surface area contributed by atoms with E-state index < -0.39 is 6.10 Å². The molecule has 194 valence electrons. The van der Waals surface area contributed by atoms with Crippen LogP contribution < -0.4 is 15.4 Å². The number of carbonyl (C=O) groups is 3. The van der Waals surface area contributed by atoms with Crippen molar-refractivity contribution < 1.29 is 19.1 Å². The molecule has 0 aliphatic carbocycles. The van der Waals surface area contributed by atoms with Crippen LogP contribution in [0.3, 0.4) is 0 Å². The molecule has 1 atom stereocenters. The molecule has 0 fully saturated rings. The number of amides is 2. The zero-order valence-corrected chi connectivity index (χ0v) is 22.3. The van der Waals surface area contributed by atoms with Gasteiger partial charge in [0.1, 0.15) is 5.75 Å². The number of carbonyl (C=O) groups excluding carboxylic acids is 3. The summed E-state index contributed by atoms with van der Waals surface area (Å²) in [7, 11) is 0. The van der Waals surface area contributed by atoms with Gasteiger partial charge < -0.3 is 15.4 Å². The maximum absolute atomic E-state index is 12.8. The Morgan fingerprint density at radius 2 is 1.54 bits per heavy atom. The standard InChI is InChI=1S/C31H36N2O4/c1-6-28(37-26-17-13-23(14-18-26)31(4,5)7-2)30(36)33-24-15-11-22(12-16-24)27(34)20-29(35)32-25-10-8-9-21(3)19-25/h8-19,28H,6-7,20H2,1-5H3,(H,32,35)(H,33,36)/t28-/m1/s1. The topological polar surface area (TPSA) is 84.5 Å². The number of anilines is 2. The highest BCUT2D eigenvalue weighted by Gasteiger charge is 2.21. The Hall–Kier alpha value is -3.93. The lowest BCUT2D eigenvalue weighted by Gasteiger charge is -2.24. The van der Waals surface area contributed by atoms with Gasteiger partial charge in [0.15, 0.2) is 11.9 Å². The van der Waals surface area contributed by atoms with Crippen molar-refractivity contribution in [2.75, 3.05) is 10.6 Å². The Bertz CT molecular complexity index is 1230. The summed E-state index contributed by atoms with van der Waals surface area (Å²) in [5.74, 6) is -0.297. The van der Waals surface area contributed by atoms with Crippen molar-refractivity contribution >= 4 is 29.0 Å². The molecule has 2 amide bonds. The molecule has 6 nitrogen and oxygen atoms in total. The molecule has 0 radical (unpaired) electrons. The van der Waals surface area contributed by atoms with E-state index in [2.05, 4.69) is 31.4 Å². The number of benzene rings is 3. The van der Waals surface area contributed by atoms with E-state index in [-0.39, 0.29) is 29.4 Å². The third-order valence-electron chi connectivity index (χ3n) is 6.56. The minimum absolute atomic E-state index is 0.0818. The highest BCUT2D eigenvalue weighted by molar-refractivity contribution is 6.11. The van der Waals surface area contributed by atoms with Crippen molar-refractivity contribution in [3.63, 3.8) is 0 Å². The number of rotatable bonds is 11. The molecule has 3 rings (SSSR count). The van der Waals surface area contributed by atoms with E-state index in [0.717, 1.165) is 12.0 Å². The summed E-state index contributed by atoms with van der Waals surface area (Å²) in [5, 5.41) is 5.59. The van der Waals surface area contributed by atoms with Gasteiger partial charge >= 0.3 is 0 Å². The minimum Gasteiger partial charge on any atom is -0.481 e. The predicted octanol–water partition coefficient (Wildman–Crippen LogP) is 6.69. The van der Waals surface area contributed by atoms with E-state index in [1.54, 1.807) is 30.3 Å². The van der Waals surface area contributed by atoms with Crippen LogP contribution in [0.1, 0.15) is 68.4 Å². The van der Waals surface area contributed by atoms with Gasteiger partial charge in [-0.1, -0.05) is 52.0 Å². The Kier molecular flexibility index (Phi) is 9.23. The molecule has 0 aliphatic heterocycles. The fourth-order valence-electron chi connectivity index (χ4n) is 3.81. The summed E-state index contributed by atoms with van der Waals surface area (Å²) in [6, 6.07) is 21.8. The molecule has 0 aromatic heterocycles. The third kappa shape index (κ3) is 7.78. The Morgan fingerprint density at radius 3 is 2.14 bits per heavy atom. The zero-order chi connectivity index (χ0) is 27.0. The van der Waals surface area contributed by atoms with Gasteiger partial charge in [0.2, 0.25) is 5.91 Å². The van der Waals surface area contributed by atoms with E-state index in [4.69, 9.17) is 4.74 Å². The lowest BCUT2D eigenvalue weighted by molar-refractivity contribution is -0.122. The number of nitrogens with one attached hydrogen (secondary N) is 2. The first kappa shape index (κ1) is 27.7. The molecule has 0 saturated carbocycles. The molecule has 0 aliphatic rings. The molecule has 37 heavy (non-hydrogen) atoms. The summed E-state index contributed by atoms with van der Waals surface area (Å²) in [6.45, 7) is 10.4. The maximum atomic E-state index is 12.8. The SMILES string of the molecule is CC[C@@H](Oc1ccc(C(C)(C)CC)cc1)C(=O)Nc1ccc(C(=O)CC(=O)Nc2cccc(C)c2)cc1. The van der Waals surface area contributed by atoms with E-state index in [1.807, 2.05) is 56.3 Å². The molecule has 0 saturated heterocycles. The van der Waals surface area contributed by atoms with Crippen LogP contribution in [0.4, 0.5) is 11.4 Å². The van der Waals surface area contributed by atoms with Crippen LogP contribution in [-0.2, 0) is 15.0 Å². The van der Waals surface area contributed by atoms with Crippen molar-refractivity contribution in [1.29, 1.82) is 0 Å². The molecular formula is C31H36N2O4. The monoisotopic (exact) mass is 500 g/mol. The second-order valence-corrected chi connectivity index (χ2v) is 9.86. The van der Waals surface area contributed by atoms with Crippen LogP contribution in [0.25, 0.3) is 0 Å². The Balaban J connectivity index is 1.55. The fourth-order valence-corrected chi connectivity index (χ4v) is 3.81. The molecular weight excluding hydrogens is 464 g/mol. The number of Topliss-reactive ketones (excluding diaryl/α,β-unsaturated/α-hetero) is 1. The quantitative estimate of drug-likeness (QED) is 0.227. The summed E-state index contributed by atoms with van der Waals surface area (Å²) < 4.78 is 5.95. The van der Waals surface area contributed by atoms with Gasteiger partial charge in [-0.2, -0.15) is 0 Å². The number of hydrogen-bond donors (Lipinski definition) is 2. The molecule has 6 heteroatoms. The lowest BCUT2D eigenvalue weighted by Crippen LogP contribution is -2.32. The average Bonchev–Trinajstić information content (AvgIpc) is 2.87. The van der Waals surface area contributed by atoms with Crippen molar-refractivity contribution in [1.82, 2.24) is 0 Å². The van der Waals surface area contributed by atoms with Crippen LogP contribution in [0.15, 0.2) is 72.8 Å². The van der Waals surface area contributed by atoms with Crippen LogP contribution >= 0.6 is 0 Å². The normalized spacial score (nSPS) is 11.9. The molecule has 0 spiro atoms. The van der Waals surface area contributed by atoms with Crippen molar-refractivity contribution in [3.8, 4) is 5.75 Å². The number of ether oxygens (including phenoxy) is 1. The highest BCUT2D eigenvalue weighted by Crippen LogP contribution is 2.28. The number of hydrogen-bond acceptors (Lipinski definition) is 4. The van der Waals surface area contributed by atoms with Gasteiger partial charge in [-0.3, -0.25) is 14.4 Å².